The lowest BCUT2D eigenvalue weighted by atomic mass is 9.84. The summed E-state index contributed by atoms with van der Waals surface area (Å²) >= 11 is 0. The largest absolute Gasteiger partial charge is 0.210 e. The summed E-state index contributed by atoms with van der Waals surface area (Å²) in [5.74, 6) is 0. The third-order valence-corrected chi connectivity index (χ3v) is 6.47. The van der Waals surface area contributed by atoms with Crippen molar-refractivity contribution in [3.05, 3.63) is 77.9 Å². The van der Waals surface area contributed by atoms with Gasteiger partial charge in [-0.2, -0.15) is 4.57 Å². The molecule has 2 nitrogen and oxygen atoms in total. The Morgan fingerprint density at radius 2 is 1.41 bits per heavy atom. The summed E-state index contributed by atoms with van der Waals surface area (Å²) in [5, 5.41) is 0. The van der Waals surface area contributed by atoms with Crippen molar-refractivity contribution < 1.29 is 9.13 Å². The molecule has 2 heterocycles. The van der Waals surface area contributed by atoms with Gasteiger partial charge in [0.2, 0.25) is 5.69 Å². The first-order chi connectivity index (χ1) is 14.0. The number of unbranched alkanes of at least 4 members (excludes halogenated alkanes) is 4. The highest BCUT2D eigenvalue weighted by molar-refractivity contribution is 5.78. The molecule has 0 bridgehead atoms. The Morgan fingerprint density at radius 3 is 2.14 bits per heavy atom. The van der Waals surface area contributed by atoms with E-state index < -0.39 is 0 Å². The van der Waals surface area contributed by atoms with Gasteiger partial charge in [-0.3, -0.25) is 0 Å². The minimum Gasteiger partial charge on any atom is -0.205 e. The van der Waals surface area contributed by atoms with Crippen LogP contribution in [-0.2, 0) is 12.0 Å². The predicted molar refractivity (Wildman–Crippen MR) is 119 cm³/mol. The van der Waals surface area contributed by atoms with E-state index in [9.17, 15) is 0 Å². The highest BCUT2D eigenvalue weighted by Crippen LogP contribution is 2.47. The van der Waals surface area contributed by atoms with Crippen LogP contribution in [0.2, 0.25) is 0 Å². The third-order valence-electron chi connectivity index (χ3n) is 6.47. The maximum absolute atomic E-state index is 2.40. The molecular formula is C27H34N2+2. The van der Waals surface area contributed by atoms with Crippen LogP contribution in [-0.4, -0.2) is 0 Å². The summed E-state index contributed by atoms with van der Waals surface area (Å²) in [6.45, 7) is 10.3. The molecule has 0 unspecified atom stereocenters. The summed E-state index contributed by atoms with van der Waals surface area (Å²) in [6.07, 6.45) is 15.8. The van der Waals surface area contributed by atoms with Gasteiger partial charge in [-0.05, 0) is 24.5 Å². The molecule has 0 N–H and O–H groups in total. The molecule has 0 aliphatic heterocycles. The fourth-order valence-electron chi connectivity index (χ4n) is 4.56. The number of pyridine rings is 2. The van der Waals surface area contributed by atoms with E-state index in [0.29, 0.717) is 0 Å². The second-order valence-electron chi connectivity index (χ2n) is 9.06. The number of fused-ring (bicyclic) bond motifs is 3. The highest BCUT2D eigenvalue weighted by atomic mass is 14.9. The van der Waals surface area contributed by atoms with Crippen molar-refractivity contribution in [1.82, 2.24) is 0 Å². The van der Waals surface area contributed by atoms with Crippen molar-refractivity contribution in [2.75, 3.05) is 0 Å². The number of nitrogens with zero attached hydrogens (tertiary/aromatic N) is 2. The lowest BCUT2D eigenvalue weighted by Gasteiger charge is -2.18. The van der Waals surface area contributed by atoms with E-state index in [0.717, 1.165) is 6.54 Å². The van der Waals surface area contributed by atoms with Crippen LogP contribution in [0.1, 0.15) is 69.6 Å². The highest BCUT2D eigenvalue weighted by Gasteiger charge is 2.40. The Morgan fingerprint density at radius 1 is 0.759 bits per heavy atom. The van der Waals surface area contributed by atoms with Crippen LogP contribution >= 0.6 is 0 Å². The zero-order chi connectivity index (χ0) is 20.4. The maximum atomic E-state index is 2.40. The first-order valence-electron chi connectivity index (χ1n) is 11.2. The first kappa shape index (κ1) is 19.8. The van der Waals surface area contributed by atoms with Gasteiger partial charge < -0.3 is 0 Å². The molecule has 0 atom stereocenters. The first-order valence-corrected chi connectivity index (χ1v) is 11.2. The summed E-state index contributed by atoms with van der Waals surface area (Å²) in [7, 11) is 0. The molecule has 4 rings (SSSR count). The van der Waals surface area contributed by atoms with E-state index in [2.05, 4.69) is 98.0 Å². The monoisotopic (exact) mass is 386 g/mol. The number of hydrogen-bond acceptors (Lipinski definition) is 0. The summed E-state index contributed by atoms with van der Waals surface area (Å²) in [6, 6.07) is 13.4. The standard InChI is InChI=1S/C27H34N2/c1-5-6-7-8-9-16-28-17-14-23-24-15-18-29(22-12-10-21(2)11-13-22)20-26(24)27(3,4)25(23)19-28/h10-15,17-20H,5-9,16H2,1-4H3/q+2. The van der Waals surface area contributed by atoms with E-state index >= 15 is 0 Å². The van der Waals surface area contributed by atoms with Crippen molar-refractivity contribution in [1.29, 1.82) is 0 Å². The van der Waals surface area contributed by atoms with E-state index in [1.807, 2.05) is 0 Å². The average molecular weight is 387 g/mol. The average Bonchev–Trinajstić information content (AvgIpc) is 2.95. The summed E-state index contributed by atoms with van der Waals surface area (Å²) in [4.78, 5) is 0. The van der Waals surface area contributed by atoms with Crippen LogP contribution < -0.4 is 9.13 Å². The van der Waals surface area contributed by atoms with Gasteiger partial charge in [0.25, 0.3) is 0 Å². The molecule has 1 aliphatic carbocycles. The lowest BCUT2D eigenvalue weighted by Crippen LogP contribution is -2.35. The molecule has 0 fully saturated rings. The van der Waals surface area contributed by atoms with Gasteiger partial charge in [-0.15, -0.1) is 0 Å². The molecule has 0 saturated heterocycles. The van der Waals surface area contributed by atoms with Crippen molar-refractivity contribution in [2.24, 2.45) is 0 Å². The smallest absolute Gasteiger partial charge is 0.205 e. The summed E-state index contributed by atoms with van der Waals surface area (Å²) in [5.41, 5.74) is 8.16. The quantitative estimate of drug-likeness (QED) is 0.356. The lowest BCUT2D eigenvalue weighted by molar-refractivity contribution is -0.697. The molecule has 2 heteroatoms. The number of rotatable bonds is 7. The van der Waals surface area contributed by atoms with Gasteiger partial charge >= 0.3 is 0 Å². The van der Waals surface area contributed by atoms with Crippen molar-refractivity contribution in [2.45, 2.75) is 71.8 Å². The Labute approximate surface area is 175 Å². The van der Waals surface area contributed by atoms with E-state index in [4.69, 9.17) is 0 Å². The zero-order valence-corrected chi connectivity index (χ0v) is 18.4. The zero-order valence-electron chi connectivity index (χ0n) is 18.4. The van der Waals surface area contributed by atoms with Crippen LogP contribution in [0, 0.1) is 6.92 Å². The molecule has 150 valence electrons. The second kappa shape index (κ2) is 8.10. The fraction of sp³-hybridized carbons (Fsp3) is 0.407. The molecule has 1 aromatic carbocycles. The van der Waals surface area contributed by atoms with Crippen molar-refractivity contribution >= 4 is 0 Å². The molecule has 0 saturated carbocycles. The van der Waals surface area contributed by atoms with Crippen molar-refractivity contribution in [3.8, 4) is 16.8 Å². The summed E-state index contributed by atoms with van der Waals surface area (Å²) < 4.78 is 4.65. The molecule has 2 aromatic heterocycles. The van der Waals surface area contributed by atoms with E-state index in [1.54, 1.807) is 0 Å². The SMILES string of the molecule is CCCCCCC[n+]1ccc2c(c1)C(C)(C)c1c[n+](-c3ccc(C)cc3)ccc1-2. The molecule has 29 heavy (non-hydrogen) atoms. The Kier molecular flexibility index (Phi) is 5.54. The van der Waals surface area contributed by atoms with Gasteiger partial charge in [0.1, 0.15) is 6.54 Å². The predicted octanol–water partition coefficient (Wildman–Crippen LogP) is 5.84. The van der Waals surface area contributed by atoms with E-state index in [1.165, 1.54) is 65.6 Å². The molecular weight excluding hydrogens is 352 g/mol. The molecule has 0 amide bonds. The Hall–Kier alpha value is -2.48. The topological polar surface area (TPSA) is 7.76 Å². The van der Waals surface area contributed by atoms with Crippen LogP contribution in [0.15, 0.2) is 61.2 Å². The van der Waals surface area contributed by atoms with Gasteiger partial charge in [-0.25, -0.2) is 4.57 Å². The van der Waals surface area contributed by atoms with Crippen LogP contribution in [0.3, 0.4) is 0 Å². The molecule has 0 spiro atoms. The van der Waals surface area contributed by atoms with Gasteiger partial charge in [-0.1, -0.05) is 57.7 Å². The number of hydrogen-bond donors (Lipinski definition) is 0. The fourth-order valence-corrected chi connectivity index (χ4v) is 4.56. The Balaban J connectivity index is 1.61. The number of aryl methyl sites for hydroxylation is 2. The minimum absolute atomic E-state index is 0.0175. The van der Waals surface area contributed by atoms with Gasteiger partial charge in [0.15, 0.2) is 24.8 Å². The van der Waals surface area contributed by atoms with Crippen LogP contribution in [0.5, 0.6) is 0 Å². The van der Waals surface area contributed by atoms with Gasteiger partial charge in [0.05, 0.1) is 0 Å². The van der Waals surface area contributed by atoms with Gasteiger partial charge in [0, 0.05) is 47.2 Å². The maximum Gasteiger partial charge on any atom is 0.210 e. The normalized spacial score (nSPS) is 13.9. The Bertz CT molecular complexity index is 1000. The van der Waals surface area contributed by atoms with Crippen LogP contribution in [0.4, 0.5) is 0 Å². The third kappa shape index (κ3) is 3.85. The second-order valence-corrected chi connectivity index (χ2v) is 9.06. The molecule has 0 radical (unpaired) electrons. The number of aromatic nitrogens is 2. The van der Waals surface area contributed by atoms with E-state index in [-0.39, 0.29) is 5.41 Å². The van der Waals surface area contributed by atoms with Crippen molar-refractivity contribution in [3.63, 3.8) is 0 Å². The molecule has 3 aromatic rings. The minimum atomic E-state index is 0.0175. The molecule has 1 aliphatic rings. The number of benzene rings is 1. The van der Waals surface area contributed by atoms with Crippen LogP contribution in [0.25, 0.3) is 16.8 Å².